The van der Waals surface area contributed by atoms with E-state index in [4.69, 9.17) is 18.5 Å². The van der Waals surface area contributed by atoms with Crippen LogP contribution in [0.3, 0.4) is 0 Å². The Balaban J connectivity index is 4.03. The van der Waals surface area contributed by atoms with Crippen LogP contribution in [0.4, 0.5) is 0 Å². The van der Waals surface area contributed by atoms with Gasteiger partial charge >= 0.3 is 5.97 Å². The van der Waals surface area contributed by atoms with Gasteiger partial charge in [-0.25, -0.2) is 0 Å². The van der Waals surface area contributed by atoms with Crippen LogP contribution in [-0.4, -0.2) is 70.7 Å². The van der Waals surface area contributed by atoms with Crippen LogP contribution in [-0.2, 0) is 27.9 Å². The number of quaternary nitrogens is 1. The summed E-state index contributed by atoms with van der Waals surface area (Å²) in [5.74, 6) is -0.375. The summed E-state index contributed by atoms with van der Waals surface area (Å²) in [6.07, 6.45) is 25.8. The molecule has 0 aromatic heterocycles. The number of esters is 1. The number of phosphoric ester groups is 1. The number of allylic oxidation sites excluding steroid dienone is 4. The summed E-state index contributed by atoms with van der Waals surface area (Å²) >= 11 is 0. The molecule has 242 valence electrons. The molecule has 0 bridgehead atoms. The van der Waals surface area contributed by atoms with Gasteiger partial charge in [0.2, 0.25) is 0 Å². The Bertz CT molecular complexity index is 721. The molecule has 0 spiro atoms. The van der Waals surface area contributed by atoms with Gasteiger partial charge in [0.25, 0.3) is 7.82 Å². The van der Waals surface area contributed by atoms with Gasteiger partial charge < -0.3 is 27.9 Å². The molecular weight excluding hydrogens is 541 g/mol. The Morgan fingerprint density at radius 1 is 0.756 bits per heavy atom. The number of likely N-dealkylation sites (N-methyl/N-ethyl adjacent to an activating group) is 1. The number of hydrogen-bond acceptors (Lipinski definition) is 7. The van der Waals surface area contributed by atoms with E-state index < -0.39 is 13.9 Å². The third-order valence-electron chi connectivity index (χ3n) is 6.51. The minimum absolute atomic E-state index is 0.0232. The highest BCUT2D eigenvalue weighted by atomic mass is 31.2. The normalized spacial score (nSPS) is 14.6. The molecule has 0 aliphatic rings. The van der Waals surface area contributed by atoms with Crippen molar-refractivity contribution in [1.29, 1.82) is 0 Å². The van der Waals surface area contributed by atoms with Gasteiger partial charge in [-0.3, -0.25) is 9.36 Å². The molecule has 41 heavy (non-hydrogen) atoms. The monoisotopic (exact) mass is 603 g/mol. The number of phosphoric acid groups is 1. The quantitative estimate of drug-likeness (QED) is 0.0287. The van der Waals surface area contributed by atoms with E-state index in [1.807, 2.05) is 28.1 Å². The van der Waals surface area contributed by atoms with E-state index in [0.29, 0.717) is 24.1 Å². The molecule has 0 N–H and O–H groups in total. The lowest BCUT2D eigenvalue weighted by Crippen LogP contribution is -2.37. The van der Waals surface area contributed by atoms with Crippen molar-refractivity contribution in [1.82, 2.24) is 0 Å². The maximum atomic E-state index is 12.1. The topological polar surface area (TPSA) is 94.1 Å². The molecule has 0 aliphatic heterocycles. The van der Waals surface area contributed by atoms with Crippen molar-refractivity contribution >= 4 is 13.8 Å². The van der Waals surface area contributed by atoms with Gasteiger partial charge in [-0.15, -0.1) is 0 Å². The van der Waals surface area contributed by atoms with Crippen molar-refractivity contribution in [3.8, 4) is 0 Å². The van der Waals surface area contributed by atoms with Crippen molar-refractivity contribution in [3.05, 3.63) is 24.3 Å². The number of rotatable bonds is 29. The fraction of sp³-hybridized carbons (Fsp3) is 0.844. The Labute approximate surface area is 252 Å². The van der Waals surface area contributed by atoms with Crippen molar-refractivity contribution in [3.63, 3.8) is 0 Å². The third kappa shape index (κ3) is 30.2. The fourth-order valence-corrected chi connectivity index (χ4v) is 4.63. The second-order valence-corrected chi connectivity index (χ2v) is 13.2. The lowest BCUT2D eigenvalue weighted by atomic mass is 10.1. The highest BCUT2D eigenvalue weighted by molar-refractivity contribution is 7.45. The number of hydrogen-bond donors (Lipinski definition) is 0. The standard InChI is InChI=1S/C32H62NO7P/c1-6-8-10-11-12-13-14-15-16-17-18-19-20-21-22-23-24-27-37-29-31(40-32(34)25-9-7-2)30-39-41(35,36)38-28-26-33(3,4)5/h13-14,16-17,31H,6-12,15,18-30H2,1-5H3/b14-13-,17-16-. The van der Waals surface area contributed by atoms with Crippen LogP contribution in [0, 0.1) is 0 Å². The first kappa shape index (κ1) is 40.0. The van der Waals surface area contributed by atoms with Crippen molar-refractivity contribution < 1.29 is 37.3 Å². The molecule has 0 radical (unpaired) electrons. The molecule has 2 unspecified atom stereocenters. The maximum absolute atomic E-state index is 12.1. The first-order valence-corrected chi connectivity index (χ1v) is 17.5. The fourth-order valence-electron chi connectivity index (χ4n) is 3.90. The van der Waals surface area contributed by atoms with Crippen molar-refractivity contribution in [2.75, 3.05) is 54.1 Å². The van der Waals surface area contributed by atoms with E-state index in [9.17, 15) is 14.3 Å². The second kappa shape index (κ2) is 26.6. The largest absolute Gasteiger partial charge is 0.756 e. The molecule has 8 nitrogen and oxygen atoms in total. The molecule has 0 aliphatic carbocycles. The lowest BCUT2D eigenvalue weighted by Gasteiger charge is -2.28. The second-order valence-electron chi connectivity index (χ2n) is 11.8. The Hall–Kier alpha value is -1.02. The van der Waals surface area contributed by atoms with Crippen molar-refractivity contribution in [2.24, 2.45) is 0 Å². The van der Waals surface area contributed by atoms with Crippen LogP contribution >= 0.6 is 7.82 Å². The maximum Gasteiger partial charge on any atom is 0.306 e. The average molecular weight is 604 g/mol. The summed E-state index contributed by atoms with van der Waals surface area (Å²) in [5, 5.41) is 0. The first-order valence-electron chi connectivity index (χ1n) is 16.1. The molecule has 0 aromatic carbocycles. The van der Waals surface area contributed by atoms with E-state index in [1.54, 1.807) is 0 Å². The van der Waals surface area contributed by atoms with Crippen LogP contribution < -0.4 is 4.89 Å². The van der Waals surface area contributed by atoms with Crippen molar-refractivity contribution in [2.45, 2.75) is 123 Å². The van der Waals surface area contributed by atoms with Gasteiger partial charge in [-0.05, 0) is 44.9 Å². The molecule has 0 rings (SSSR count). The number of nitrogens with zero attached hydrogens (tertiary/aromatic N) is 1. The summed E-state index contributed by atoms with van der Waals surface area (Å²) in [6, 6.07) is 0. The molecule has 0 aromatic rings. The average Bonchev–Trinajstić information content (AvgIpc) is 2.90. The van der Waals surface area contributed by atoms with E-state index in [1.165, 1.54) is 51.4 Å². The third-order valence-corrected chi connectivity index (χ3v) is 7.47. The van der Waals surface area contributed by atoms with Gasteiger partial charge in [0.05, 0.1) is 34.4 Å². The Morgan fingerprint density at radius 2 is 1.34 bits per heavy atom. The SMILES string of the molecule is CCCCCC/C=C\C/C=C\CCCCCCCCOCC(COP(=O)([O-])OCC[N+](C)(C)C)OC(=O)CCCC. The minimum atomic E-state index is -4.49. The number of carbonyl (C=O) groups excluding carboxylic acids is 1. The number of ether oxygens (including phenoxy) is 2. The van der Waals surface area contributed by atoms with Crippen LogP contribution in [0.15, 0.2) is 24.3 Å². The van der Waals surface area contributed by atoms with Crippen LogP contribution in [0.5, 0.6) is 0 Å². The van der Waals surface area contributed by atoms with Gasteiger partial charge in [-0.2, -0.15) is 0 Å². The number of unbranched alkanes of at least 4 members (excludes halogenated alkanes) is 11. The molecule has 9 heteroatoms. The smallest absolute Gasteiger partial charge is 0.306 e. The number of carbonyl (C=O) groups is 1. The molecule has 0 fully saturated rings. The zero-order valence-corrected chi connectivity index (χ0v) is 27.9. The molecule has 0 heterocycles. The summed E-state index contributed by atoms with van der Waals surface area (Å²) in [7, 11) is 1.34. The van der Waals surface area contributed by atoms with E-state index >= 15 is 0 Å². The lowest BCUT2D eigenvalue weighted by molar-refractivity contribution is -0.870. The Morgan fingerprint density at radius 3 is 1.95 bits per heavy atom. The minimum Gasteiger partial charge on any atom is -0.756 e. The Kier molecular flexibility index (Phi) is 25.9. The summed E-state index contributed by atoms with van der Waals surface area (Å²) in [4.78, 5) is 24.2. The van der Waals surface area contributed by atoms with Crippen LogP contribution in [0.1, 0.15) is 117 Å². The molecule has 0 amide bonds. The zero-order chi connectivity index (χ0) is 30.7. The highest BCUT2D eigenvalue weighted by Gasteiger charge is 2.20. The molecular formula is C32H62NO7P. The van der Waals surface area contributed by atoms with Gasteiger partial charge in [0.1, 0.15) is 19.3 Å². The van der Waals surface area contributed by atoms with E-state index in [0.717, 1.165) is 38.5 Å². The van der Waals surface area contributed by atoms with Gasteiger partial charge in [0.15, 0.2) is 0 Å². The summed E-state index contributed by atoms with van der Waals surface area (Å²) < 4.78 is 33.8. The van der Waals surface area contributed by atoms with Crippen LogP contribution in [0.2, 0.25) is 0 Å². The first-order chi connectivity index (χ1) is 19.6. The predicted octanol–water partition coefficient (Wildman–Crippen LogP) is 7.52. The zero-order valence-electron chi connectivity index (χ0n) is 27.0. The molecule has 2 atom stereocenters. The van der Waals surface area contributed by atoms with E-state index in [2.05, 4.69) is 31.2 Å². The summed E-state index contributed by atoms with van der Waals surface area (Å²) in [6.45, 7) is 5.09. The molecule has 0 saturated heterocycles. The van der Waals surface area contributed by atoms with Gasteiger partial charge in [0, 0.05) is 13.0 Å². The molecule has 0 saturated carbocycles. The van der Waals surface area contributed by atoms with Gasteiger partial charge in [-0.1, -0.05) is 89.5 Å². The van der Waals surface area contributed by atoms with E-state index in [-0.39, 0.29) is 32.2 Å². The predicted molar refractivity (Wildman–Crippen MR) is 167 cm³/mol. The van der Waals surface area contributed by atoms with Crippen LogP contribution in [0.25, 0.3) is 0 Å². The highest BCUT2D eigenvalue weighted by Crippen LogP contribution is 2.38. The summed E-state index contributed by atoms with van der Waals surface area (Å²) in [5.41, 5.74) is 0.